The lowest BCUT2D eigenvalue weighted by atomic mass is 9.76. The summed E-state index contributed by atoms with van der Waals surface area (Å²) in [5.41, 5.74) is -0.458. The molecule has 2 fully saturated rings. The second-order valence-electron chi connectivity index (χ2n) is 7.46. The summed E-state index contributed by atoms with van der Waals surface area (Å²) in [6, 6.07) is 4.24. The largest absolute Gasteiger partial charge is 0.481 e. The molecule has 3 aliphatic heterocycles. The molecule has 1 spiro atoms. The Bertz CT molecular complexity index is 921. The minimum Gasteiger partial charge on any atom is -0.481 e. The number of hydrogen-bond donors (Lipinski definition) is 3. The summed E-state index contributed by atoms with van der Waals surface area (Å²) in [6.45, 7) is 0.249. The number of carboxylic acids is 1. The molecule has 2 saturated heterocycles. The Hall–Kier alpha value is -2.49. The van der Waals surface area contributed by atoms with Crippen LogP contribution in [0.2, 0.25) is 5.02 Å². The van der Waals surface area contributed by atoms with Crippen LogP contribution in [-0.2, 0) is 29.5 Å². The topological polar surface area (TPSA) is 125 Å². The molecule has 0 radical (unpaired) electrons. The van der Waals surface area contributed by atoms with E-state index in [1.165, 1.54) is 7.11 Å². The van der Waals surface area contributed by atoms with Crippen molar-refractivity contribution < 1.29 is 29.0 Å². The molecule has 1 aromatic rings. The Balaban J connectivity index is 1.81. The van der Waals surface area contributed by atoms with Gasteiger partial charge in [0.1, 0.15) is 5.54 Å². The van der Waals surface area contributed by atoms with Gasteiger partial charge in [-0.2, -0.15) is 0 Å². The van der Waals surface area contributed by atoms with Crippen molar-refractivity contribution in [2.75, 3.05) is 25.6 Å². The number of benzene rings is 1. The van der Waals surface area contributed by atoms with E-state index < -0.39 is 47.1 Å². The van der Waals surface area contributed by atoms with Crippen LogP contribution in [0.15, 0.2) is 18.2 Å². The Morgan fingerprint density at radius 2 is 2.07 bits per heavy atom. The number of ether oxygens (including phenoxy) is 1. The predicted molar refractivity (Wildman–Crippen MR) is 101 cm³/mol. The lowest BCUT2D eigenvalue weighted by Gasteiger charge is -2.29. The number of nitrogens with one attached hydrogen (secondary N) is 2. The standard InChI is InChI=1S/C19H20ClN3O6/c1-29-7-6-23-16(26)14-12(4-5-13(24)25)22-19(15(14)17(23)27)10-8-9(20)2-3-11(10)21-18(19)28/h2-3,8,12,14-15,22H,4-7H2,1H3,(H,21,28)(H,24,25). The van der Waals surface area contributed by atoms with Crippen molar-refractivity contribution in [3.63, 3.8) is 0 Å². The Labute approximate surface area is 171 Å². The number of hydrogen-bond acceptors (Lipinski definition) is 6. The zero-order chi connectivity index (χ0) is 20.9. The number of methoxy groups -OCH3 is 1. The number of anilines is 1. The van der Waals surface area contributed by atoms with Crippen LogP contribution in [0.25, 0.3) is 0 Å². The van der Waals surface area contributed by atoms with Gasteiger partial charge in [0.15, 0.2) is 0 Å². The summed E-state index contributed by atoms with van der Waals surface area (Å²) < 4.78 is 5.00. The van der Waals surface area contributed by atoms with Crippen LogP contribution < -0.4 is 10.6 Å². The number of halogens is 1. The number of aliphatic carboxylic acids is 1. The van der Waals surface area contributed by atoms with Crippen LogP contribution >= 0.6 is 11.6 Å². The number of nitrogens with zero attached hydrogens (tertiary/aromatic N) is 1. The number of fused-ring (bicyclic) bond motifs is 4. The lowest BCUT2D eigenvalue weighted by molar-refractivity contribution is -0.144. The first kappa shape index (κ1) is 19.8. The van der Waals surface area contributed by atoms with Gasteiger partial charge in [-0.1, -0.05) is 11.6 Å². The van der Waals surface area contributed by atoms with E-state index >= 15 is 0 Å². The summed E-state index contributed by atoms with van der Waals surface area (Å²) in [5.74, 6) is -4.17. The molecule has 3 heterocycles. The number of carbonyl (C=O) groups is 4. The molecule has 10 heteroatoms. The third-order valence-corrected chi connectivity index (χ3v) is 6.19. The van der Waals surface area contributed by atoms with E-state index in [9.17, 15) is 19.2 Å². The van der Waals surface area contributed by atoms with Crippen molar-refractivity contribution in [1.29, 1.82) is 0 Å². The van der Waals surface area contributed by atoms with Gasteiger partial charge in [-0.25, -0.2) is 0 Å². The highest BCUT2D eigenvalue weighted by molar-refractivity contribution is 6.31. The predicted octanol–water partition coefficient (Wildman–Crippen LogP) is 0.572. The van der Waals surface area contributed by atoms with Gasteiger partial charge in [0.25, 0.3) is 0 Å². The van der Waals surface area contributed by atoms with Crippen LogP contribution in [0.1, 0.15) is 18.4 Å². The van der Waals surface area contributed by atoms with Gasteiger partial charge in [0.2, 0.25) is 17.7 Å². The highest BCUT2D eigenvalue weighted by Crippen LogP contribution is 2.53. The molecule has 9 nitrogen and oxygen atoms in total. The maximum absolute atomic E-state index is 13.3. The Morgan fingerprint density at radius 1 is 1.31 bits per heavy atom. The highest BCUT2D eigenvalue weighted by atomic mass is 35.5. The van der Waals surface area contributed by atoms with E-state index in [-0.39, 0.29) is 26.0 Å². The average Bonchev–Trinajstić information content (AvgIpc) is 3.24. The number of amides is 3. The normalized spacial score (nSPS) is 30.1. The van der Waals surface area contributed by atoms with Crippen LogP contribution in [0, 0.1) is 11.8 Å². The fourth-order valence-electron chi connectivity index (χ4n) is 4.76. The minimum atomic E-state index is -1.47. The Kier molecular flexibility index (Phi) is 4.84. The zero-order valence-corrected chi connectivity index (χ0v) is 16.4. The molecule has 4 atom stereocenters. The van der Waals surface area contributed by atoms with Crippen molar-refractivity contribution in [3.8, 4) is 0 Å². The fraction of sp³-hybridized carbons (Fsp3) is 0.474. The molecule has 29 heavy (non-hydrogen) atoms. The number of carboxylic acid groups (broad SMARTS) is 1. The third kappa shape index (κ3) is 2.84. The fourth-order valence-corrected chi connectivity index (χ4v) is 4.94. The van der Waals surface area contributed by atoms with E-state index in [2.05, 4.69) is 10.6 Å². The quantitative estimate of drug-likeness (QED) is 0.573. The first-order chi connectivity index (χ1) is 13.8. The highest BCUT2D eigenvalue weighted by Gasteiger charge is 2.70. The van der Waals surface area contributed by atoms with E-state index in [1.807, 2.05) is 0 Å². The van der Waals surface area contributed by atoms with E-state index in [0.29, 0.717) is 16.3 Å². The molecule has 4 unspecified atom stereocenters. The summed E-state index contributed by atoms with van der Waals surface area (Å²) >= 11 is 6.15. The molecule has 4 rings (SSSR count). The molecular formula is C19H20ClN3O6. The van der Waals surface area contributed by atoms with Crippen LogP contribution in [-0.4, -0.2) is 60.0 Å². The second-order valence-corrected chi connectivity index (χ2v) is 7.90. The molecule has 0 aromatic heterocycles. The van der Waals surface area contributed by atoms with E-state index in [0.717, 1.165) is 4.90 Å². The average molecular weight is 422 g/mol. The molecule has 3 N–H and O–H groups in total. The molecule has 0 saturated carbocycles. The van der Waals surface area contributed by atoms with Gasteiger partial charge in [-0.05, 0) is 24.6 Å². The van der Waals surface area contributed by atoms with Crippen molar-refractivity contribution in [2.45, 2.75) is 24.4 Å². The maximum Gasteiger partial charge on any atom is 0.303 e. The number of imide groups is 1. The van der Waals surface area contributed by atoms with Crippen molar-refractivity contribution in [2.24, 2.45) is 11.8 Å². The van der Waals surface area contributed by atoms with Gasteiger partial charge >= 0.3 is 5.97 Å². The molecule has 0 aliphatic carbocycles. The molecule has 0 bridgehead atoms. The number of rotatable bonds is 6. The lowest BCUT2D eigenvalue weighted by Crippen LogP contribution is -2.53. The zero-order valence-electron chi connectivity index (χ0n) is 15.6. The maximum atomic E-state index is 13.3. The number of carbonyl (C=O) groups excluding carboxylic acids is 3. The molecule has 154 valence electrons. The van der Waals surface area contributed by atoms with Crippen molar-refractivity contribution in [3.05, 3.63) is 28.8 Å². The van der Waals surface area contributed by atoms with E-state index in [1.54, 1.807) is 18.2 Å². The first-order valence-corrected chi connectivity index (χ1v) is 9.64. The monoisotopic (exact) mass is 421 g/mol. The Morgan fingerprint density at radius 3 is 2.76 bits per heavy atom. The molecule has 1 aromatic carbocycles. The molecular weight excluding hydrogens is 402 g/mol. The van der Waals surface area contributed by atoms with Gasteiger partial charge in [0.05, 0.1) is 25.0 Å². The first-order valence-electron chi connectivity index (χ1n) is 9.26. The SMILES string of the molecule is COCCN1C(=O)C2C(CCC(=O)O)NC3(C(=O)Nc4ccc(Cl)cc43)C2C1=O. The van der Waals surface area contributed by atoms with Crippen LogP contribution in [0.4, 0.5) is 5.69 Å². The van der Waals surface area contributed by atoms with Gasteiger partial charge < -0.3 is 15.2 Å². The summed E-state index contributed by atoms with van der Waals surface area (Å²) in [7, 11) is 1.47. The molecule has 3 aliphatic rings. The number of likely N-dealkylation sites (tertiary alicyclic amines) is 1. The van der Waals surface area contributed by atoms with Crippen LogP contribution in [0.5, 0.6) is 0 Å². The van der Waals surface area contributed by atoms with Crippen molar-refractivity contribution in [1.82, 2.24) is 10.2 Å². The summed E-state index contributed by atoms with van der Waals surface area (Å²) in [5, 5.41) is 15.4. The third-order valence-electron chi connectivity index (χ3n) is 5.96. The smallest absolute Gasteiger partial charge is 0.303 e. The summed E-state index contributed by atoms with van der Waals surface area (Å²) in [6.07, 6.45) is -0.0842. The minimum absolute atomic E-state index is 0.0763. The van der Waals surface area contributed by atoms with Gasteiger partial charge in [-0.15, -0.1) is 0 Å². The second kappa shape index (κ2) is 7.08. The van der Waals surface area contributed by atoms with Crippen molar-refractivity contribution >= 4 is 41.0 Å². The van der Waals surface area contributed by atoms with E-state index in [4.69, 9.17) is 21.4 Å². The summed E-state index contributed by atoms with van der Waals surface area (Å²) in [4.78, 5) is 51.7. The van der Waals surface area contributed by atoms with Gasteiger partial charge in [-0.3, -0.25) is 29.4 Å². The van der Waals surface area contributed by atoms with Crippen LogP contribution in [0.3, 0.4) is 0 Å². The van der Waals surface area contributed by atoms with Gasteiger partial charge in [0, 0.05) is 35.8 Å². The molecule has 3 amide bonds.